The standard InChI is InChI=1S/C51H100NO10P/c1-3-5-7-9-11-13-15-17-19-21-23-24-25-27-29-31-33-35-37-39-41-43-50(55)60-44-47(53)45-61-63(58,59)62-46-48(51(56)57)52-49(54)42-40-38-36-34-32-30-28-26-22-20-18-16-14-12-10-8-6-4-2/h47-48,53H,3-46H2,1-2H3,(H,52,54)(H,56,57)(H,58,59). The van der Waals surface area contributed by atoms with E-state index in [9.17, 15) is 34.1 Å². The molecule has 374 valence electrons. The van der Waals surface area contributed by atoms with Crippen LogP contribution in [0.2, 0.25) is 0 Å². The van der Waals surface area contributed by atoms with Crippen molar-refractivity contribution in [3.05, 3.63) is 0 Å². The van der Waals surface area contributed by atoms with E-state index in [0.29, 0.717) is 12.8 Å². The van der Waals surface area contributed by atoms with Crippen LogP contribution in [-0.4, -0.2) is 64.9 Å². The van der Waals surface area contributed by atoms with Gasteiger partial charge in [0.2, 0.25) is 5.91 Å². The molecule has 0 heterocycles. The fourth-order valence-corrected chi connectivity index (χ4v) is 8.80. The first kappa shape index (κ1) is 61.5. The molecular formula is C51H100NO10P. The molecule has 0 fully saturated rings. The van der Waals surface area contributed by atoms with Crippen LogP contribution in [0.1, 0.15) is 277 Å². The van der Waals surface area contributed by atoms with Crippen LogP contribution in [0.4, 0.5) is 0 Å². The van der Waals surface area contributed by atoms with Crippen molar-refractivity contribution >= 4 is 25.7 Å². The molecule has 0 aliphatic carbocycles. The van der Waals surface area contributed by atoms with Gasteiger partial charge in [-0.1, -0.05) is 251 Å². The number of amides is 1. The van der Waals surface area contributed by atoms with E-state index in [-0.39, 0.29) is 12.8 Å². The average Bonchev–Trinajstić information content (AvgIpc) is 3.26. The molecule has 63 heavy (non-hydrogen) atoms. The number of phosphoric ester groups is 1. The number of esters is 1. The quantitative estimate of drug-likeness (QED) is 0.0262. The van der Waals surface area contributed by atoms with Gasteiger partial charge in [0.05, 0.1) is 13.2 Å². The van der Waals surface area contributed by atoms with Gasteiger partial charge in [-0.15, -0.1) is 0 Å². The summed E-state index contributed by atoms with van der Waals surface area (Å²) >= 11 is 0. The van der Waals surface area contributed by atoms with E-state index < -0.39 is 57.6 Å². The molecule has 3 unspecified atom stereocenters. The molecule has 0 aromatic carbocycles. The summed E-state index contributed by atoms with van der Waals surface area (Å²) in [6, 6.07) is -1.54. The zero-order chi connectivity index (χ0) is 46.3. The fraction of sp³-hybridized carbons (Fsp3) is 0.941. The molecule has 0 aromatic rings. The van der Waals surface area contributed by atoms with Crippen LogP contribution in [-0.2, 0) is 32.7 Å². The highest BCUT2D eigenvalue weighted by Gasteiger charge is 2.28. The van der Waals surface area contributed by atoms with E-state index in [1.165, 1.54) is 199 Å². The Bertz CT molecular complexity index is 1080. The van der Waals surface area contributed by atoms with Crippen LogP contribution < -0.4 is 5.32 Å². The van der Waals surface area contributed by atoms with Gasteiger partial charge in [0, 0.05) is 12.8 Å². The molecule has 3 atom stereocenters. The number of carboxylic acid groups (broad SMARTS) is 1. The van der Waals surface area contributed by atoms with Gasteiger partial charge in [-0.05, 0) is 12.8 Å². The smallest absolute Gasteiger partial charge is 0.472 e. The third-order valence-corrected chi connectivity index (χ3v) is 13.1. The third-order valence-electron chi connectivity index (χ3n) is 12.1. The van der Waals surface area contributed by atoms with E-state index >= 15 is 0 Å². The summed E-state index contributed by atoms with van der Waals surface area (Å²) in [4.78, 5) is 46.1. The Kier molecular flexibility index (Phi) is 45.9. The lowest BCUT2D eigenvalue weighted by molar-refractivity contribution is -0.147. The van der Waals surface area contributed by atoms with Crippen molar-refractivity contribution in [3.8, 4) is 0 Å². The maximum atomic E-state index is 12.4. The highest BCUT2D eigenvalue weighted by atomic mass is 31.2. The molecule has 1 amide bonds. The van der Waals surface area contributed by atoms with Crippen molar-refractivity contribution in [2.45, 2.75) is 289 Å². The van der Waals surface area contributed by atoms with Gasteiger partial charge in [0.25, 0.3) is 0 Å². The lowest BCUT2D eigenvalue weighted by atomic mass is 10.0. The number of hydrogen-bond acceptors (Lipinski definition) is 8. The third kappa shape index (κ3) is 46.8. The topological polar surface area (TPSA) is 169 Å². The second-order valence-electron chi connectivity index (χ2n) is 18.4. The summed E-state index contributed by atoms with van der Waals surface area (Å²) in [6.07, 6.45) is 48.4. The van der Waals surface area contributed by atoms with E-state index in [2.05, 4.69) is 19.2 Å². The highest BCUT2D eigenvalue weighted by molar-refractivity contribution is 7.47. The van der Waals surface area contributed by atoms with E-state index in [1.807, 2.05) is 0 Å². The number of phosphoric acid groups is 1. The molecule has 0 saturated carbocycles. The molecule has 0 bridgehead atoms. The van der Waals surface area contributed by atoms with Gasteiger partial charge in [-0.2, -0.15) is 0 Å². The minimum absolute atomic E-state index is 0.153. The molecule has 0 aromatic heterocycles. The van der Waals surface area contributed by atoms with Crippen molar-refractivity contribution in [1.29, 1.82) is 0 Å². The number of rotatable bonds is 51. The van der Waals surface area contributed by atoms with Crippen molar-refractivity contribution in [1.82, 2.24) is 5.32 Å². The monoisotopic (exact) mass is 918 g/mol. The van der Waals surface area contributed by atoms with Crippen molar-refractivity contribution in [2.75, 3.05) is 19.8 Å². The van der Waals surface area contributed by atoms with Crippen LogP contribution >= 0.6 is 7.82 Å². The summed E-state index contributed by atoms with van der Waals surface area (Å²) in [5.41, 5.74) is 0. The maximum Gasteiger partial charge on any atom is 0.472 e. The predicted molar refractivity (Wildman–Crippen MR) is 259 cm³/mol. The maximum absolute atomic E-state index is 12.4. The number of carboxylic acids is 1. The summed E-state index contributed by atoms with van der Waals surface area (Å²) in [6.45, 7) is 2.66. The zero-order valence-electron chi connectivity index (χ0n) is 40.9. The zero-order valence-corrected chi connectivity index (χ0v) is 41.8. The lowest BCUT2D eigenvalue weighted by Gasteiger charge is -2.18. The molecule has 4 N–H and O–H groups in total. The number of carbonyl (C=O) groups excluding carboxylic acids is 2. The first-order chi connectivity index (χ1) is 30.6. The number of ether oxygens (including phenoxy) is 1. The number of nitrogens with one attached hydrogen (secondary N) is 1. The van der Waals surface area contributed by atoms with Crippen LogP contribution in [0, 0.1) is 0 Å². The van der Waals surface area contributed by atoms with E-state index in [0.717, 1.165) is 38.5 Å². The first-order valence-corrected chi connectivity index (χ1v) is 28.1. The number of aliphatic carboxylic acids is 1. The summed E-state index contributed by atoms with van der Waals surface area (Å²) < 4.78 is 27.0. The molecule has 0 spiro atoms. The van der Waals surface area contributed by atoms with Crippen molar-refractivity contribution < 1.29 is 47.8 Å². The van der Waals surface area contributed by atoms with Crippen molar-refractivity contribution in [2.24, 2.45) is 0 Å². The minimum atomic E-state index is -4.75. The first-order valence-electron chi connectivity index (χ1n) is 26.6. The molecule has 0 rings (SSSR count). The number of aliphatic hydroxyl groups excluding tert-OH is 1. The van der Waals surface area contributed by atoms with E-state index in [1.54, 1.807) is 0 Å². The van der Waals surface area contributed by atoms with Crippen LogP contribution in [0.5, 0.6) is 0 Å². The molecule has 0 aliphatic rings. The number of hydrogen-bond donors (Lipinski definition) is 4. The molecule has 0 aliphatic heterocycles. The Labute approximate surface area is 386 Å². The second kappa shape index (κ2) is 47.0. The molecule has 12 heteroatoms. The van der Waals surface area contributed by atoms with Gasteiger partial charge in [0.1, 0.15) is 12.7 Å². The van der Waals surface area contributed by atoms with Crippen LogP contribution in [0.25, 0.3) is 0 Å². The SMILES string of the molecule is CCCCCCCCCCCCCCCCCCCCCCCC(=O)OCC(O)COP(=O)(O)OCC(NC(=O)CCCCCCCCCCCCCCCCCCCC)C(=O)O. The Morgan fingerprint density at radius 2 is 0.730 bits per heavy atom. The molecule has 0 saturated heterocycles. The van der Waals surface area contributed by atoms with Crippen molar-refractivity contribution in [3.63, 3.8) is 0 Å². The Morgan fingerprint density at radius 3 is 1.05 bits per heavy atom. The van der Waals surface area contributed by atoms with Gasteiger partial charge in [-0.3, -0.25) is 18.6 Å². The lowest BCUT2D eigenvalue weighted by Crippen LogP contribution is -2.43. The molecule has 11 nitrogen and oxygen atoms in total. The van der Waals surface area contributed by atoms with Crippen LogP contribution in [0.3, 0.4) is 0 Å². The predicted octanol–water partition coefficient (Wildman–Crippen LogP) is 14.6. The number of unbranched alkanes of at least 4 members (excludes halogenated alkanes) is 37. The molecule has 0 radical (unpaired) electrons. The van der Waals surface area contributed by atoms with E-state index in [4.69, 9.17) is 13.8 Å². The Hall–Kier alpha value is -1.52. The largest absolute Gasteiger partial charge is 0.480 e. The molecular weight excluding hydrogens is 818 g/mol. The highest BCUT2D eigenvalue weighted by Crippen LogP contribution is 2.43. The summed E-state index contributed by atoms with van der Waals surface area (Å²) in [5, 5.41) is 21.9. The Morgan fingerprint density at radius 1 is 0.444 bits per heavy atom. The summed E-state index contributed by atoms with van der Waals surface area (Å²) in [7, 11) is -4.75. The van der Waals surface area contributed by atoms with Gasteiger partial charge in [-0.25, -0.2) is 9.36 Å². The van der Waals surface area contributed by atoms with Crippen LogP contribution in [0.15, 0.2) is 0 Å². The van der Waals surface area contributed by atoms with Gasteiger partial charge < -0.3 is 25.2 Å². The average molecular weight is 918 g/mol. The number of aliphatic hydroxyl groups is 1. The van der Waals surface area contributed by atoms with Gasteiger partial charge >= 0.3 is 19.8 Å². The normalized spacial score (nSPS) is 13.5. The second-order valence-corrected chi connectivity index (χ2v) is 19.9. The Balaban J connectivity index is 3.76. The minimum Gasteiger partial charge on any atom is -0.480 e. The number of carbonyl (C=O) groups is 3. The van der Waals surface area contributed by atoms with Gasteiger partial charge in [0.15, 0.2) is 6.04 Å². The fourth-order valence-electron chi connectivity index (χ4n) is 8.03. The summed E-state index contributed by atoms with van der Waals surface area (Å²) in [5.74, 6) is -2.34.